The summed E-state index contributed by atoms with van der Waals surface area (Å²) in [5.41, 5.74) is 1.94. The Morgan fingerprint density at radius 3 is 2.14 bits per heavy atom. The molecule has 2 aromatic carbocycles. The Kier molecular flexibility index (Phi) is 7.32. The first-order valence-electron chi connectivity index (χ1n) is 9.23. The minimum absolute atomic E-state index is 0.0539. The van der Waals surface area contributed by atoms with E-state index in [2.05, 4.69) is 10.6 Å². The second-order valence-electron chi connectivity index (χ2n) is 7.06. The Morgan fingerprint density at radius 2 is 1.57 bits per heavy atom. The van der Waals surface area contributed by atoms with E-state index in [0.717, 1.165) is 5.56 Å². The van der Waals surface area contributed by atoms with Crippen molar-refractivity contribution in [3.63, 3.8) is 0 Å². The van der Waals surface area contributed by atoms with Gasteiger partial charge in [-0.15, -0.1) is 0 Å². The first-order chi connectivity index (χ1) is 13.3. The standard InChI is InChI=1S/C22H26N2O4/c1-14(2)19(24-20(25)17-12-8-7-9-15(17)3)21(26)23-13-18(22(27)28)16-10-5-4-6-11-16/h4-12,14,18-19H,13H2,1-3H3,(H,23,26)(H,24,25)(H,27,28). The number of aliphatic carboxylic acids is 1. The minimum Gasteiger partial charge on any atom is -0.481 e. The summed E-state index contributed by atoms with van der Waals surface area (Å²) in [5, 5.41) is 14.9. The first kappa shape index (κ1) is 21.2. The van der Waals surface area contributed by atoms with E-state index in [-0.39, 0.29) is 18.4 Å². The van der Waals surface area contributed by atoms with Gasteiger partial charge >= 0.3 is 5.97 Å². The van der Waals surface area contributed by atoms with Crippen molar-refractivity contribution in [3.8, 4) is 0 Å². The van der Waals surface area contributed by atoms with Crippen LogP contribution in [-0.2, 0) is 9.59 Å². The number of carbonyl (C=O) groups excluding carboxylic acids is 2. The van der Waals surface area contributed by atoms with Crippen LogP contribution in [-0.4, -0.2) is 35.5 Å². The van der Waals surface area contributed by atoms with Crippen LogP contribution in [0.1, 0.15) is 41.3 Å². The van der Waals surface area contributed by atoms with E-state index in [1.165, 1.54) is 0 Å². The van der Waals surface area contributed by atoms with E-state index in [1.807, 2.05) is 32.9 Å². The second kappa shape index (κ2) is 9.69. The van der Waals surface area contributed by atoms with Crippen LogP contribution in [0.2, 0.25) is 0 Å². The number of hydrogen-bond acceptors (Lipinski definition) is 3. The molecule has 6 heteroatoms. The number of carboxylic acids is 1. The third-order valence-corrected chi connectivity index (χ3v) is 4.61. The molecule has 0 saturated heterocycles. The lowest BCUT2D eigenvalue weighted by Crippen LogP contribution is -2.50. The third kappa shape index (κ3) is 5.42. The van der Waals surface area contributed by atoms with Crippen LogP contribution in [0.5, 0.6) is 0 Å². The van der Waals surface area contributed by atoms with Crippen molar-refractivity contribution in [2.24, 2.45) is 5.92 Å². The molecular formula is C22H26N2O4. The number of aryl methyl sites for hydroxylation is 1. The van der Waals surface area contributed by atoms with Crippen LogP contribution in [0.3, 0.4) is 0 Å². The topological polar surface area (TPSA) is 95.5 Å². The number of carboxylic acid groups (broad SMARTS) is 1. The fourth-order valence-corrected chi connectivity index (χ4v) is 2.93. The van der Waals surface area contributed by atoms with Crippen LogP contribution >= 0.6 is 0 Å². The molecule has 3 N–H and O–H groups in total. The highest BCUT2D eigenvalue weighted by Gasteiger charge is 2.27. The molecule has 2 aromatic rings. The number of benzene rings is 2. The average Bonchev–Trinajstić information content (AvgIpc) is 2.66. The number of amides is 2. The molecule has 0 aromatic heterocycles. The maximum atomic E-state index is 12.7. The molecule has 148 valence electrons. The fraction of sp³-hybridized carbons (Fsp3) is 0.318. The largest absolute Gasteiger partial charge is 0.481 e. The molecule has 0 spiro atoms. The molecular weight excluding hydrogens is 356 g/mol. The maximum absolute atomic E-state index is 12.7. The van der Waals surface area contributed by atoms with Gasteiger partial charge in [0.15, 0.2) is 0 Å². The summed E-state index contributed by atoms with van der Waals surface area (Å²) in [5.74, 6) is -2.77. The Hall–Kier alpha value is -3.15. The van der Waals surface area contributed by atoms with E-state index in [1.54, 1.807) is 42.5 Å². The number of carbonyl (C=O) groups is 3. The zero-order chi connectivity index (χ0) is 20.7. The van der Waals surface area contributed by atoms with Crippen LogP contribution in [0, 0.1) is 12.8 Å². The predicted octanol–water partition coefficient (Wildman–Crippen LogP) is 2.73. The Morgan fingerprint density at radius 1 is 0.964 bits per heavy atom. The molecule has 2 atom stereocenters. The summed E-state index contributed by atoms with van der Waals surface area (Å²) in [4.78, 5) is 36.8. The van der Waals surface area contributed by atoms with E-state index in [4.69, 9.17) is 0 Å². The SMILES string of the molecule is Cc1ccccc1C(=O)NC(C(=O)NCC(C(=O)O)c1ccccc1)C(C)C. The molecule has 0 saturated carbocycles. The summed E-state index contributed by atoms with van der Waals surface area (Å²) in [7, 11) is 0. The predicted molar refractivity (Wildman–Crippen MR) is 107 cm³/mol. The summed E-state index contributed by atoms with van der Waals surface area (Å²) >= 11 is 0. The van der Waals surface area contributed by atoms with Crippen molar-refractivity contribution in [1.29, 1.82) is 0 Å². The number of hydrogen-bond donors (Lipinski definition) is 3. The van der Waals surface area contributed by atoms with Crippen molar-refractivity contribution in [2.75, 3.05) is 6.54 Å². The van der Waals surface area contributed by atoms with Gasteiger partial charge in [-0.1, -0.05) is 62.4 Å². The summed E-state index contributed by atoms with van der Waals surface area (Å²) < 4.78 is 0. The maximum Gasteiger partial charge on any atom is 0.312 e. The lowest BCUT2D eigenvalue weighted by molar-refractivity contribution is -0.138. The van der Waals surface area contributed by atoms with Crippen molar-refractivity contribution < 1.29 is 19.5 Å². The van der Waals surface area contributed by atoms with Gasteiger partial charge in [-0.3, -0.25) is 14.4 Å². The summed E-state index contributed by atoms with van der Waals surface area (Å²) in [6.07, 6.45) is 0. The molecule has 0 radical (unpaired) electrons. The van der Waals surface area contributed by atoms with Gasteiger partial charge in [-0.05, 0) is 30.0 Å². The van der Waals surface area contributed by atoms with Gasteiger partial charge in [0.1, 0.15) is 6.04 Å². The molecule has 0 aliphatic carbocycles. The van der Waals surface area contributed by atoms with Crippen molar-refractivity contribution in [3.05, 3.63) is 71.3 Å². The van der Waals surface area contributed by atoms with E-state index < -0.39 is 23.8 Å². The average molecular weight is 382 g/mol. The van der Waals surface area contributed by atoms with Crippen molar-refractivity contribution in [2.45, 2.75) is 32.7 Å². The molecule has 2 unspecified atom stereocenters. The van der Waals surface area contributed by atoms with Crippen molar-refractivity contribution >= 4 is 17.8 Å². The molecule has 0 bridgehead atoms. The van der Waals surface area contributed by atoms with E-state index in [9.17, 15) is 19.5 Å². The van der Waals surface area contributed by atoms with Crippen LogP contribution in [0.15, 0.2) is 54.6 Å². The monoisotopic (exact) mass is 382 g/mol. The molecule has 0 aliphatic rings. The highest BCUT2D eigenvalue weighted by atomic mass is 16.4. The normalized spacial score (nSPS) is 12.9. The van der Waals surface area contributed by atoms with Gasteiger partial charge in [0, 0.05) is 12.1 Å². The molecule has 0 aliphatic heterocycles. The Balaban J connectivity index is 2.07. The highest BCUT2D eigenvalue weighted by molar-refractivity contribution is 5.98. The van der Waals surface area contributed by atoms with Crippen LogP contribution in [0.4, 0.5) is 0 Å². The van der Waals surface area contributed by atoms with E-state index in [0.29, 0.717) is 11.1 Å². The smallest absolute Gasteiger partial charge is 0.312 e. The Bertz CT molecular complexity index is 833. The number of rotatable bonds is 8. The zero-order valence-corrected chi connectivity index (χ0v) is 16.3. The third-order valence-electron chi connectivity index (χ3n) is 4.61. The second-order valence-corrected chi connectivity index (χ2v) is 7.06. The molecule has 2 rings (SSSR count). The van der Waals surface area contributed by atoms with Crippen LogP contribution < -0.4 is 10.6 Å². The molecule has 28 heavy (non-hydrogen) atoms. The summed E-state index contributed by atoms with van der Waals surface area (Å²) in [6, 6.07) is 15.1. The van der Waals surface area contributed by atoms with Gasteiger partial charge in [0.25, 0.3) is 5.91 Å². The molecule has 0 heterocycles. The molecule has 6 nitrogen and oxygen atoms in total. The van der Waals surface area contributed by atoms with Crippen molar-refractivity contribution in [1.82, 2.24) is 10.6 Å². The van der Waals surface area contributed by atoms with Gasteiger partial charge in [0.2, 0.25) is 5.91 Å². The lowest BCUT2D eigenvalue weighted by atomic mass is 9.98. The lowest BCUT2D eigenvalue weighted by Gasteiger charge is -2.23. The van der Waals surface area contributed by atoms with E-state index >= 15 is 0 Å². The van der Waals surface area contributed by atoms with Gasteiger partial charge in [-0.25, -0.2) is 0 Å². The van der Waals surface area contributed by atoms with Gasteiger partial charge in [-0.2, -0.15) is 0 Å². The Labute approximate surface area is 165 Å². The van der Waals surface area contributed by atoms with Crippen LogP contribution in [0.25, 0.3) is 0 Å². The summed E-state index contributed by atoms with van der Waals surface area (Å²) in [6.45, 7) is 5.43. The van der Waals surface area contributed by atoms with Gasteiger partial charge < -0.3 is 15.7 Å². The zero-order valence-electron chi connectivity index (χ0n) is 16.3. The fourth-order valence-electron chi connectivity index (χ4n) is 2.93. The quantitative estimate of drug-likeness (QED) is 0.654. The highest BCUT2D eigenvalue weighted by Crippen LogP contribution is 2.15. The molecule has 2 amide bonds. The minimum atomic E-state index is -1.02. The first-order valence-corrected chi connectivity index (χ1v) is 9.23. The number of nitrogens with one attached hydrogen (secondary N) is 2. The van der Waals surface area contributed by atoms with Gasteiger partial charge in [0.05, 0.1) is 5.92 Å². The molecule has 0 fully saturated rings.